The minimum Gasteiger partial charge on any atom is -0.493 e. The zero-order chi connectivity index (χ0) is 18.5. The number of benzene rings is 1. The van der Waals surface area contributed by atoms with Crippen LogP contribution in [0.1, 0.15) is 5.69 Å². The Labute approximate surface area is 150 Å². The molecule has 0 radical (unpaired) electrons. The minimum atomic E-state index is -0.365. The summed E-state index contributed by atoms with van der Waals surface area (Å²) in [6, 6.07) is 10.7. The van der Waals surface area contributed by atoms with E-state index in [-0.39, 0.29) is 6.03 Å². The minimum absolute atomic E-state index is 0.304. The summed E-state index contributed by atoms with van der Waals surface area (Å²) in [5.74, 6) is 1.38. The van der Waals surface area contributed by atoms with Gasteiger partial charge in [-0.2, -0.15) is 5.10 Å². The van der Waals surface area contributed by atoms with E-state index in [1.54, 1.807) is 16.6 Å². The van der Waals surface area contributed by atoms with Gasteiger partial charge in [-0.15, -0.1) is 0 Å². The lowest BCUT2D eigenvalue weighted by Crippen LogP contribution is -2.28. The van der Waals surface area contributed by atoms with Gasteiger partial charge in [-0.3, -0.25) is 0 Å². The largest absolute Gasteiger partial charge is 0.493 e. The second-order valence-electron chi connectivity index (χ2n) is 5.43. The van der Waals surface area contributed by atoms with Gasteiger partial charge in [0.1, 0.15) is 0 Å². The third kappa shape index (κ3) is 3.64. The first-order valence-corrected chi connectivity index (χ1v) is 7.92. The standard InChI is InChI=1S/C18H20N4O4/c1-24-15-9-12(10-16(25-2)17(15)26-3)20-18(23)19-11-13-8-14-6-4-5-7-22(14)21-13/h4-10H,11H2,1-3H3,(H2,19,20,23). The molecule has 3 rings (SSSR count). The van der Waals surface area contributed by atoms with Gasteiger partial charge in [-0.05, 0) is 18.2 Å². The molecule has 0 saturated carbocycles. The molecule has 3 aromatic rings. The van der Waals surface area contributed by atoms with Crippen LogP contribution in [0, 0.1) is 0 Å². The van der Waals surface area contributed by atoms with E-state index in [0.29, 0.717) is 29.5 Å². The Morgan fingerprint density at radius 3 is 2.42 bits per heavy atom. The van der Waals surface area contributed by atoms with Crippen LogP contribution < -0.4 is 24.8 Å². The van der Waals surface area contributed by atoms with E-state index in [9.17, 15) is 4.79 Å². The molecule has 2 heterocycles. The highest BCUT2D eigenvalue weighted by Crippen LogP contribution is 2.39. The first-order chi connectivity index (χ1) is 12.6. The normalized spacial score (nSPS) is 10.4. The molecule has 0 fully saturated rings. The highest BCUT2D eigenvalue weighted by molar-refractivity contribution is 5.90. The molecule has 26 heavy (non-hydrogen) atoms. The fraction of sp³-hybridized carbons (Fsp3) is 0.222. The molecule has 8 heteroatoms. The second-order valence-corrected chi connectivity index (χ2v) is 5.43. The fourth-order valence-electron chi connectivity index (χ4n) is 2.58. The summed E-state index contributed by atoms with van der Waals surface area (Å²) in [4.78, 5) is 12.2. The Bertz CT molecular complexity index is 864. The molecular formula is C18H20N4O4. The Hall–Kier alpha value is -3.42. The number of rotatable bonds is 6. The maximum absolute atomic E-state index is 12.2. The molecule has 2 amide bonds. The van der Waals surface area contributed by atoms with E-state index in [1.807, 2.05) is 30.5 Å². The fourth-order valence-corrected chi connectivity index (χ4v) is 2.58. The van der Waals surface area contributed by atoms with E-state index in [0.717, 1.165) is 11.2 Å². The number of aromatic nitrogens is 2. The summed E-state index contributed by atoms with van der Waals surface area (Å²) in [6.07, 6.45) is 1.86. The van der Waals surface area contributed by atoms with Crippen LogP contribution in [-0.2, 0) is 6.54 Å². The average molecular weight is 356 g/mol. The maximum atomic E-state index is 12.2. The highest BCUT2D eigenvalue weighted by Gasteiger charge is 2.14. The number of ether oxygens (including phenoxy) is 3. The highest BCUT2D eigenvalue weighted by atomic mass is 16.5. The first-order valence-electron chi connectivity index (χ1n) is 7.92. The van der Waals surface area contributed by atoms with Crippen molar-refractivity contribution in [2.24, 2.45) is 0 Å². The van der Waals surface area contributed by atoms with Gasteiger partial charge in [0.15, 0.2) is 11.5 Å². The number of nitrogens with zero attached hydrogens (tertiary/aromatic N) is 2. The van der Waals surface area contributed by atoms with Gasteiger partial charge in [0.25, 0.3) is 0 Å². The van der Waals surface area contributed by atoms with Crippen molar-refractivity contribution in [3.63, 3.8) is 0 Å². The van der Waals surface area contributed by atoms with Crippen LogP contribution in [0.5, 0.6) is 17.2 Å². The molecule has 0 aliphatic rings. The van der Waals surface area contributed by atoms with Crippen molar-refractivity contribution in [1.82, 2.24) is 14.9 Å². The predicted molar refractivity (Wildman–Crippen MR) is 97.1 cm³/mol. The second kappa shape index (κ2) is 7.64. The van der Waals surface area contributed by atoms with Crippen LogP contribution >= 0.6 is 0 Å². The van der Waals surface area contributed by atoms with Crippen molar-refractivity contribution >= 4 is 17.2 Å². The zero-order valence-electron chi connectivity index (χ0n) is 14.8. The number of hydrogen-bond donors (Lipinski definition) is 2. The number of urea groups is 1. The number of amides is 2. The smallest absolute Gasteiger partial charge is 0.319 e. The number of hydrogen-bond acceptors (Lipinski definition) is 5. The van der Waals surface area contributed by atoms with E-state index >= 15 is 0 Å². The van der Waals surface area contributed by atoms with Crippen LogP contribution in [0.3, 0.4) is 0 Å². The molecule has 0 atom stereocenters. The summed E-state index contributed by atoms with van der Waals surface area (Å²) in [7, 11) is 4.56. The lowest BCUT2D eigenvalue weighted by molar-refractivity contribution is 0.251. The van der Waals surface area contributed by atoms with Gasteiger partial charge in [0.05, 0.1) is 44.8 Å². The quantitative estimate of drug-likeness (QED) is 0.709. The van der Waals surface area contributed by atoms with Gasteiger partial charge in [-0.25, -0.2) is 9.31 Å². The van der Waals surface area contributed by atoms with Crippen molar-refractivity contribution in [2.75, 3.05) is 26.6 Å². The Morgan fingerprint density at radius 1 is 1.08 bits per heavy atom. The average Bonchev–Trinajstić information content (AvgIpc) is 3.08. The van der Waals surface area contributed by atoms with Crippen molar-refractivity contribution in [1.29, 1.82) is 0 Å². The number of methoxy groups -OCH3 is 3. The van der Waals surface area contributed by atoms with Crippen LogP contribution in [0.4, 0.5) is 10.5 Å². The number of carbonyl (C=O) groups excluding carboxylic acids is 1. The molecule has 0 bridgehead atoms. The molecule has 2 aromatic heterocycles. The summed E-state index contributed by atoms with van der Waals surface area (Å²) in [5.41, 5.74) is 2.25. The van der Waals surface area contributed by atoms with Crippen molar-refractivity contribution in [3.8, 4) is 17.2 Å². The van der Waals surface area contributed by atoms with Crippen molar-refractivity contribution in [2.45, 2.75) is 6.54 Å². The van der Waals surface area contributed by atoms with Gasteiger partial charge < -0.3 is 24.8 Å². The molecule has 136 valence electrons. The monoisotopic (exact) mass is 356 g/mol. The molecular weight excluding hydrogens is 336 g/mol. The van der Waals surface area contributed by atoms with E-state index < -0.39 is 0 Å². The lowest BCUT2D eigenvalue weighted by Gasteiger charge is -2.14. The summed E-state index contributed by atoms with van der Waals surface area (Å²) < 4.78 is 17.6. The molecule has 0 aliphatic heterocycles. The van der Waals surface area contributed by atoms with Gasteiger partial charge in [0, 0.05) is 18.3 Å². The summed E-state index contributed by atoms with van der Waals surface area (Å²) >= 11 is 0. The van der Waals surface area contributed by atoms with Gasteiger partial charge >= 0.3 is 6.03 Å². The van der Waals surface area contributed by atoms with Gasteiger partial charge in [0.2, 0.25) is 5.75 Å². The van der Waals surface area contributed by atoms with Crippen LogP contribution in [0.25, 0.3) is 5.52 Å². The molecule has 0 aliphatic carbocycles. The SMILES string of the molecule is COc1cc(NC(=O)NCc2cc3ccccn3n2)cc(OC)c1OC. The molecule has 0 unspecified atom stereocenters. The maximum Gasteiger partial charge on any atom is 0.319 e. The Balaban J connectivity index is 1.67. The predicted octanol–water partition coefficient (Wildman–Crippen LogP) is 2.68. The first kappa shape index (κ1) is 17.4. The summed E-state index contributed by atoms with van der Waals surface area (Å²) in [5, 5.41) is 9.91. The lowest BCUT2D eigenvalue weighted by atomic mass is 10.2. The van der Waals surface area contributed by atoms with Crippen LogP contribution in [0.2, 0.25) is 0 Å². The zero-order valence-corrected chi connectivity index (χ0v) is 14.8. The molecule has 2 N–H and O–H groups in total. The van der Waals surface area contributed by atoms with Gasteiger partial charge in [-0.1, -0.05) is 6.07 Å². The van der Waals surface area contributed by atoms with Crippen LogP contribution in [0.15, 0.2) is 42.6 Å². The topological polar surface area (TPSA) is 86.1 Å². The van der Waals surface area contributed by atoms with E-state index in [1.165, 1.54) is 21.3 Å². The van der Waals surface area contributed by atoms with Crippen LogP contribution in [-0.4, -0.2) is 37.0 Å². The van der Waals surface area contributed by atoms with Crippen molar-refractivity contribution < 1.29 is 19.0 Å². The molecule has 0 spiro atoms. The third-order valence-corrected chi connectivity index (χ3v) is 3.77. The summed E-state index contributed by atoms with van der Waals surface area (Å²) in [6.45, 7) is 0.304. The number of pyridine rings is 1. The van der Waals surface area contributed by atoms with Crippen molar-refractivity contribution in [3.05, 3.63) is 48.3 Å². The number of nitrogens with one attached hydrogen (secondary N) is 2. The number of anilines is 1. The van der Waals surface area contributed by atoms with E-state index in [2.05, 4.69) is 15.7 Å². The third-order valence-electron chi connectivity index (χ3n) is 3.77. The Kier molecular flexibility index (Phi) is 5.12. The Morgan fingerprint density at radius 2 is 1.81 bits per heavy atom. The number of fused-ring (bicyclic) bond motifs is 1. The van der Waals surface area contributed by atoms with E-state index in [4.69, 9.17) is 14.2 Å². The number of carbonyl (C=O) groups is 1. The molecule has 1 aromatic carbocycles. The molecule has 0 saturated heterocycles. The molecule has 8 nitrogen and oxygen atoms in total.